The highest BCUT2D eigenvalue weighted by Crippen LogP contribution is 2.34. The molecule has 0 saturated carbocycles. The van der Waals surface area contributed by atoms with Gasteiger partial charge in [-0.05, 0) is 36.4 Å². The molecular formula is C18H14N2O2S. The van der Waals surface area contributed by atoms with Crippen molar-refractivity contribution in [3.8, 4) is 0 Å². The number of anilines is 2. The number of pyridine rings is 1. The Bertz CT molecular complexity index is 822. The number of nitrogens with zero attached hydrogens (tertiary/aromatic N) is 1. The fourth-order valence-corrected chi connectivity index (χ4v) is 3.00. The van der Waals surface area contributed by atoms with Gasteiger partial charge in [-0.15, -0.1) is 0 Å². The van der Waals surface area contributed by atoms with Crippen molar-refractivity contribution in [2.75, 3.05) is 5.32 Å². The molecule has 0 aliphatic rings. The van der Waals surface area contributed by atoms with Crippen LogP contribution in [-0.2, 0) is 0 Å². The van der Waals surface area contributed by atoms with Gasteiger partial charge in [0.25, 0.3) is 0 Å². The topological polar surface area (TPSA) is 62.2 Å². The van der Waals surface area contributed by atoms with Gasteiger partial charge in [-0.1, -0.05) is 42.1 Å². The van der Waals surface area contributed by atoms with Gasteiger partial charge in [-0.3, -0.25) is 0 Å². The Morgan fingerprint density at radius 3 is 2.48 bits per heavy atom. The highest BCUT2D eigenvalue weighted by Gasteiger charge is 2.12. The number of carbonyl (C=O) groups is 1. The molecule has 0 radical (unpaired) electrons. The lowest BCUT2D eigenvalue weighted by Gasteiger charge is -2.12. The molecule has 0 fully saturated rings. The summed E-state index contributed by atoms with van der Waals surface area (Å²) in [5.74, 6) is -0.671. The normalized spacial score (nSPS) is 10.3. The minimum Gasteiger partial charge on any atom is -0.478 e. The smallest absolute Gasteiger partial charge is 0.339 e. The van der Waals surface area contributed by atoms with Crippen LogP contribution in [0, 0.1) is 0 Å². The summed E-state index contributed by atoms with van der Waals surface area (Å²) in [6.45, 7) is 0. The first-order valence-electron chi connectivity index (χ1n) is 7.01. The van der Waals surface area contributed by atoms with Crippen LogP contribution < -0.4 is 5.32 Å². The lowest BCUT2D eigenvalue weighted by molar-refractivity contribution is 0.0697. The highest BCUT2D eigenvalue weighted by atomic mass is 32.2. The van der Waals surface area contributed by atoms with Gasteiger partial charge in [0.15, 0.2) is 0 Å². The molecule has 0 bridgehead atoms. The summed E-state index contributed by atoms with van der Waals surface area (Å²) < 4.78 is 0. The number of benzene rings is 2. The first-order chi connectivity index (χ1) is 11.2. The third-order valence-electron chi connectivity index (χ3n) is 3.15. The molecule has 0 amide bonds. The van der Waals surface area contributed by atoms with Crippen molar-refractivity contribution in [2.45, 2.75) is 9.79 Å². The Balaban J connectivity index is 1.91. The van der Waals surface area contributed by atoms with Crippen molar-refractivity contribution in [2.24, 2.45) is 0 Å². The predicted molar refractivity (Wildman–Crippen MR) is 91.5 cm³/mol. The molecule has 0 unspecified atom stereocenters. The number of carboxylic acid groups (broad SMARTS) is 1. The molecule has 2 aromatic carbocycles. The quantitative estimate of drug-likeness (QED) is 0.714. The zero-order valence-corrected chi connectivity index (χ0v) is 13.0. The molecule has 4 nitrogen and oxygen atoms in total. The number of nitrogens with one attached hydrogen (secondary N) is 1. The fourth-order valence-electron chi connectivity index (χ4n) is 2.08. The van der Waals surface area contributed by atoms with E-state index in [1.54, 1.807) is 24.0 Å². The van der Waals surface area contributed by atoms with E-state index in [1.807, 2.05) is 54.6 Å². The van der Waals surface area contributed by atoms with Crippen LogP contribution >= 0.6 is 11.8 Å². The zero-order chi connectivity index (χ0) is 16.1. The molecule has 3 rings (SSSR count). The second-order valence-electron chi connectivity index (χ2n) is 4.74. The molecule has 114 valence electrons. The maximum Gasteiger partial charge on any atom is 0.339 e. The van der Waals surface area contributed by atoms with Crippen LogP contribution in [0.1, 0.15) is 10.4 Å². The first kappa shape index (κ1) is 15.1. The number of para-hydroxylation sites is 1. The minimum absolute atomic E-state index is 0.145. The van der Waals surface area contributed by atoms with Crippen molar-refractivity contribution in [3.05, 3.63) is 78.5 Å². The molecule has 23 heavy (non-hydrogen) atoms. The second-order valence-corrected chi connectivity index (χ2v) is 5.86. The maximum atomic E-state index is 11.3. The molecule has 1 aromatic heterocycles. The van der Waals surface area contributed by atoms with Gasteiger partial charge in [-0.25, -0.2) is 9.78 Å². The predicted octanol–water partition coefficient (Wildman–Crippen LogP) is 4.67. The fraction of sp³-hybridized carbons (Fsp3) is 0. The van der Waals surface area contributed by atoms with E-state index in [0.717, 1.165) is 15.5 Å². The summed E-state index contributed by atoms with van der Waals surface area (Å²) in [6.07, 6.45) is 1.57. The summed E-state index contributed by atoms with van der Waals surface area (Å²) in [4.78, 5) is 17.6. The van der Waals surface area contributed by atoms with Crippen molar-refractivity contribution in [3.63, 3.8) is 0 Å². The standard InChI is InChI=1S/C18H14N2O2S/c21-18(22)14-9-6-12-19-17(14)20-15-10-4-5-11-16(15)23-13-7-2-1-3-8-13/h1-12H,(H,19,20)(H,21,22). The molecule has 1 heterocycles. The lowest BCUT2D eigenvalue weighted by atomic mass is 10.2. The first-order valence-corrected chi connectivity index (χ1v) is 7.83. The van der Waals surface area contributed by atoms with E-state index < -0.39 is 5.97 Å². The molecule has 0 saturated heterocycles. The molecule has 0 atom stereocenters. The molecule has 3 aromatic rings. The van der Waals surface area contributed by atoms with Gasteiger partial charge in [-0.2, -0.15) is 0 Å². The Kier molecular flexibility index (Phi) is 4.59. The highest BCUT2D eigenvalue weighted by molar-refractivity contribution is 7.99. The lowest BCUT2D eigenvalue weighted by Crippen LogP contribution is -2.04. The van der Waals surface area contributed by atoms with E-state index in [2.05, 4.69) is 10.3 Å². The zero-order valence-electron chi connectivity index (χ0n) is 12.1. The van der Waals surface area contributed by atoms with Gasteiger partial charge in [0, 0.05) is 16.0 Å². The third-order valence-corrected chi connectivity index (χ3v) is 4.23. The number of aromatic carboxylic acids is 1. The van der Waals surface area contributed by atoms with Gasteiger partial charge in [0.05, 0.1) is 5.69 Å². The van der Waals surface area contributed by atoms with Gasteiger partial charge >= 0.3 is 5.97 Å². The average molecular weight is 322 g/mol. The molecule has 5 heteroatoms. The SMILES string of the molecule is O=C(O)c1cccnc1Nc1ccccc1Sc1ccccc1. The number of hydrogen-bond donors (Lipinski definition) is 2. The van der Waals surface area contributed by atoms with Crippen molar-refractivity contribution in [1.29, 1.82) is 0 Å². The van der Waals surface area contributed by atoms with Crippen LogP contribution in [0.25, 0.3) is 0 Å². The van der Waals surface area contributed by atoms with E-state index in [-0.39, 0.29) is 5.56 Å². The van der Waals surface area contributed by atoms with Crippen LogP contribution in [-0.4, -0.2) is 16.1 Å². The Morgan fingerprint density at radius 1 is 0.957 bits per heavy atom. The third kappa shape index (κ3) is 3.70. The van der Waals surface area contributed by atoms with Gasteiger partial charge < -0.3 is 10.4 Å². The maximum absolute atomic E-state index is 11.3. The van der Waals surface area contributed by atoms with E-state index in [4.69, 9.17) is 0 Å². The summed E-state index contributed by atoms with van der Waals surface area (Å²) in [5, 5.41) is 12.4. The van der Waals surface area contributed by atoms with Crippen molar-refractivity contribution >= 4 is 29.2 Å². The van der Waals surface area contributed by atoms with Crippen molar-refractivity contribution in [1.82, 2.24) is 4.98 Å². The monoisotopic (exact) mass is 322 g/mol. The van der Waals surface area contributed by atoms with Crippen LogP contribution in [0.2, 0.25) is 0 Å². The van der Waals surface area contributed by atoms with Gasteiger partial charge in [0.2, 0.25) is 0 Å². The van der Waals surface area contributed by atoms with E-state index in [1.165, 1.54) is 6.07 Å². The van der Waals surface area contributed by atoms with Gasteiger partial charge in [0.1, 0.15) is 11.4 Å². The summed E-state index contributed by atoms with van der Waals surface area (Å²) >= 11 is 1.61. The molecule has 0 aliphatic carbocycles. The van der Waals surface area contributed by atoms with Crippen LogP contribution in [0.15, 0.2) is 82.7 Å². The van der Waals surface area contributed by atoms with Crippen molar-refractivity contribution < 1.29 is 9.90 Å². The average Bonchev–Trinajstić information content (AvgIpc) is 2.58. The molecule has 0 aliphatic heterocycles. The van der Waals surface area contributed by atoms with E-state index in [9.17, 15) is 9.90 Å². The Morgan fingerprint density at radius 2 is 1.70 bits per heavy atom. The molecular weight excluding hydrogens is 308 g/mol. The Labute approximate surface area is 138 Å². The van der Waals surface area contributed by atoms with E-state index in [0.29, 0.717) is 5.82 Å². The Hall–Kier alpha value is -2.79. The number of aromatic nitrogens is 1. The van der Waals surface area contributed by atoms with Crippen LogP contribution in [0.3, 0.4) is 0 Å². The number of rotatable bonds is 5. The summed E-state index contributed by atoms with van der Waals surface area (Å²) in [6, 6.07) is 20.9. The van der Waals surface area contributed by atoms with E-state index >= 15 is 0 Å². The molecule has 0 spiro atoms. The van der Waals surface area contributed by atoms with Crippen LogP contribution in [0.4, 0.5) is 11.5 Å². The number of carboxylic acids is 1. The minimum atomic E-state index is -1.01. The summed E-state index contributed by atoms with van der Waals surface area (Å²) in [7, 11) is 0. The summed E-state index contributed by atoms with van der Waals surface area (Å²) in [5.41, 5.74) is 0.967. The van der Waals surface area contributed by atoms with Crippen LogP contribution in [0.5, 0.6) is 0 Å². The second kappa shape index (κ2) is 6.98. The molecule has 2 N–H and O–H groups in total. The number of hydrogen-bond acceptors (Lipinski definition) is 4. The largest absolute Gasteiger partial charge is 0.478 e.